The maximum Gasteiger partial charge on any atom is 0.220 e. The highest BCUT2D eigenvalue weighted by molar-refractivity contribution is 5.76. The third-order valence-electron chi connectivity index (χ3n) is 4.49. The molecule has 1 aliphatic heterocycles. The number of rotatable bonds is 7. The minimum atomic E-state index is 0.124. The third kappa shape index (κ3) is 5.43. The number of carbonyl (C=O) groups excluding carboxylic acids is 1. The van der Waals surface area contributed by atoms with Crippen LogP contribution in [0.2, 0.25) is 0 Å². The highest BCUT2D eigenvalue weighted by Crippen LogP contribution is 2.15. The zero-order valence-corrected chi connectivity index (χ0v) is 13.6. The van der Waals surface area contributed by atoms with E-state index in [4.69, 9.17) is 0 Å². The predicted octanol–water partition coefficient (Wildman–Crippen LogP) is 1.75. The number of aliphatic hydroxyl groups is 1. The SMILES string of the molecule is Cc1ccccc1CCC(=O)NCCN1CCC[C@@H](CO)C1. The largest absolute Gasteiger partial charge is 0.396 e. The van der Waals surface area contributed by atoms with Crippen LogP contribution in [-0.4, -0.2) is 48.7 Å². The van der Waals surface area contributed by atoms with E-state index in [1.54, 1.807) is 0 Å². The molecule has 1 amide bonds. The molecule has 4 nitrogen and oxygen atoms in total. The lowest BCUT2D eigenvalue weighted by atomic mass is 9.99. The van der Waals surface area contributed by atoms with Crippen molar-refractivity contribution in [2.45, 2.75) is 32.6 Å². The molecule has 0 spiro atoms. The van der Waals surface area contributed by atoms with Crippen LogP contribution in [0, 0.1) is 12.8 Å². The molecule has 1 saturated heterocycles. The van der Waals surface area contributed by atoms with Crippen LogP contribution in [0.1, 0.15) is 30.4 Å². The van der Waals surface area contributed by atoms with Gasteiger partial charge in [0, 0.05) is 32.7 Å². The van der Waals surface area contributed by atoms with Crippen LogP contribution in [0.5, 0.6) is 0 Å². The number of piperidine rings is 1. The quantitative estimate of drug-likeness (QED) is 0.807. The highest BCUT2D eigenvalue weighted by atomic mass is 16.3. The molecule has 1 fully saturated rings. The van der Waals surface area contributed by atoms with E-state index < -0.39 is 0 Å². The van der Waals surface area contributed by atoms with Crippen molar-refractivity contribution >= 4 is 5.91 Å². The molecule has 0 unspecified atom stereocenters. The Kier molecular flexibility index (Phi) is 6.87. The fraction of sp³-hybridized carbons (Fsp3) is 0.611. The number of hydrogen-bond donors (Lipinski definition) is 2. The van der Waals surface area contributed by atoms with Gasteiger partial charge in [0.2, 0.25) is 5.91 Å². The zero-order valence-electron chi connectivity index (χ0n) is 13.6. The zero-order chi connectivity index (χ0) is 15.8. The standard InChI is InChI=1S/C18H28N2O2/c1-15-5-2-3-7-17(15)8-9-18(22)19-10-12-20-11-4-6-16(13-20)14-21/h2-3,5,7,16,21H,4,6,8-14H2,1H3,(H,19,22)/t16-/m1/s1. The van der Waals surface area contributed by atoms with Crippen molar-refractivity contribution in [1.29, 1.82) is 0 Å². The van der Waals surface area contributed by atoms with Gasteiger partial charge in [-0.1, -0.05) is 24.3 Å². The van der Waals surface area contributed by atoms with Crippen LogP contribution >= 0.6 is 0 Å². The van der Waals surface area contributed by atoms with Crippen molar-refractivity contribution in [2.24, 2.45) is 5.92 Å². The summed E-state index contributed by atoms with van der Waals surface area (Å²) in [6.45, 7) is 5.98. The Hall–Kier alpha value is -1.39. The van der Waals surface area contributed by atoms with Crippen molar-refractivity contribution in [2.75, 3.05) is 32.8 Å². The van der Waals surface area contributed by atoms with Crippen LogP contribution in [-0.2, 0) is 11.2 Å². The minimum absolute atomic E-state index is 0.124. The number of nitrogens with zero attached hydrogens (tertiary/aromatic N) is 1. The maximum absolute atomic E-state index is 11.9. The summed E-state index contributed by atoms with van der Waals surface area (Å²) < 4.78 is 0. The average Bonchev–Trinajstić information content (AvgIpc) is 2.54. The molecule has 0 bridgehead atoms. The summed E-state index contributed by atoms with van der Waals surface area (Å²) in [6.07, 6.45) is 3.61. The van der Waals surface area contributed by atoms with Gasteiger partial charge in [-0.25, -0.2) is 0 Å². The van der Waals surface area contributed by atoms with Gasteiger partial charge < -0.3 is 15.3 Å². The summed E-state index contributed by atoms with van der Waals surface area (Å²) in [4.78, 5) is 14.3. The Morgan fingerprint density at radius 2 is 2.23 bits per heavy atom. The number of aryl methyl sites for hydroxylation is 2. The molecule has 0 aromatic heterocycles. The normalized spacial score (nSPS) is 19.1. The third-order valence-corrected chi connectivity index (χ3v) is 4.49. The Balaban J connectivity index is 1.63. The second-order valence-corrected chi connectivity index (χ2v) is 6.27. The van der Waals surface area contributed by atoms with E-state index in [-0.39, 0.29) is 12.5 Å². The summed E-state index contributed by atoms with van der Waals surface area (Å²) in [6, 6.07) is 8.22. The molecule has 1 aromatic rings. The van der Waals surface area contributed by atoms with Crippen LogP contribution in [0.3, 0.4) is 0 Å². The van der Waals surface area contributed by atoms with E-state index in [9.17, 15) is 9.90 Å². The molecule has 22 heavy (non-hydrogen) atoms. The Labute approximate surface area is 133 Å². The van der Waals surface area contributed by atoms with Gasteiger partial charge in [0.05, 0.1) is 0 Å². The lowest BCUT2D eigenvalue weighted by Gasteiger charge is -2.31. The van der Waals surface area contributed by atoms with Crippen LogP contribution in [0.15, 0.2) is 24.3 Å². The average molecular weight is 304 g/mol. The smallest absolute Gasteiger partial charge is 0.220 e. The number of nitrogens with one attached hydrogen (secondary N) is 1. The van der Waals surface area contributed by atoms with Crippen LogP contribution in [0.25, 0.3) is 0 Å². The fourth-order valence-electron chi connectivity index (χ4n) is 3.08. The van der Waals surface area contributed by atoms with Crippen molar-refractivity contribution in [1.82, 2.24) is 10.2 Å². The van der Waals surface area contributed by atoms with Gasteiger partial charge in [-0.3, -0.25) is 4.79 Å². The molecule has 0 radical (unpaired) electrons. The minimum Gasteiger partial charge on any atom is -0.396 e. The topological polar surface area (TPSA) is 52.6 Å². The van der Waals surface area contributed by atoms with E-state index in [1.807, 2.05) is 12.1 Å². The Bertz CT molecular complexity index is 476. The molecule has 2 N–H and O–H groups in total. The molecule has 122 valence electrons. The summed E-state index contributed by atoms with van der Waals surface area (Å²) >= 11 is 0. The lowest BCUT2D eigenvalue weighted by Crippen LogP contribution is -2.41. The molecule has 4 heteroatoms. The number of hydrogen-bond acceptors (Lipinski definition) is 3. The van der Waals surface area contributed by atoms with Crippen LogP contribution < -0.4 is 5.32 Å². The van der Waals surface area contributed by atoms with E-state index in [0.717, 1.165) is 38.9 Å². The number of amides is 1. The van der Waals surface area contributed by atoms with Gasteiger partial charge in [-0.05, 0) is 49.8 Å². The van der Waals surface area contributed by atoms with E-state index >= 15 is 0 Å². The molecular formula is C18H28N2O2. The molecule has 0 aliphatic carbocycles. The lowest BCUT2D eigenvalue weighted by molar-refractivity contribution is -0.121. The second kappa shape index (κ2) is 8.91. The molecule has 1 heterocycles. The number of benzene rings is 1. The molecule has 1 aromatic carbocycles. The molecule has 1 atom stereocenters. The Morgan fingerprint density at radius 1 is 1.41 bits per heavy atom. The summed E-state index contributed by atoms with van der Waals surface area (Å²) in [7, 11) is 0. The molecular weight excluding hydrogens is 276 g/mol. The van der Waals surface area contributed by atoms with Crippen molar-refractivity contribution < 1.29 is 9.90 Å². The van der Waals surface area contributed by atoms with Gasteiger partial charge >= 0.3 is 0 Å². The van der Waals surface area contributed by atoms with Crippen molar-refractivity contribution in [3.8, 4) is 0 Å². The first-order valence-corrected chi connectivity index (χ1v) is 8.33. The first kappa shape index (κ1) is 17.0. The number of aliphatic hydroxyl groups excluding tert-OH is 1. The van der Waals surface area contributed by atoms with Gasteiger partial charge in [0.15, 0.2) is 0 Å². The second-order valence-electron chi connectivity index (χ2n) is 6.27. The van der Waals surface area contributed by atoms with Gasteiger partial charge in [0.25, 0.3) is 0 Å². The summed E-state index contributed by atoms with van der Waals surface area (Å²) in [5.74, 6) is 0.532. The van der Waals surface area contributed by atoms with E-state index in [1.165, 1.54) is 11.1 Å². The van der Waals surface area contributed by atoms with Gasteiger partial charge in [0.1, 0.15) is 0 Å². The molecule has 1 aliphatic rings. The monoisotopic (exact) mass is 304 g/mol. The summed E-state index contributed by atoms with van der Waals surface area (Å²) in [5, 5.41) is 12.2. The maximum atomic E-state index is 11.9. The molecule has 2 rings (SSSR count). The van der Waals surface area contributed by atoms with Crippen molar-refractivity contribution in [3.63, 3.8) is 0 Å². The van der Waals surface area contributed by atoms with Crippen molar-refractivity contribution in [3.05, 3.63) is 35.4 Å². The fourth-order valence-corrected chi connectivity index (χ4v) is 3.08. The Morgan fingerprint density at radius 3 is 3.00 bits per heavy atom. The van der Waals surface area contributed by atoms with Crippen LogP contribution in [0.4, 0.5) is 0 Å². The van der Waals surface area contributed by atoms with Gasteiger partial charge in [-0.2, -0.15) is 0 Å². The van der Waals surface area contributed by atoms with E-state index in [0.29, 0.717) is 18.9 Å². The van der Waals surface area contributed by atoms with E-state index in [2.05, 4.69) is 29.3 Å². The first-order chi connectivity index (χ1) is 10.7. The predicted molar refractivity (Wildman–Crippen MR) is 88.8 cm³/mol. The summed E-state index contributed by atoms with van der Waals surface area (Å²) in [5.41, 5.74) is 2.50. The molecule has 0 saturated carbocycles. The number of carbonyl (C=O) groups is 1. The number of likely N-dealkylation sites (tertiary alicyclic amines) is 1. The van der Waals surface area contributed by atoms with Gasteiger partial charge in [-0.15, -0.1) is 0 Å². The first-order valence-electron chi connectivity index (χ1n) is 8.33. The highest BCUT2D eigenvalue weighted by Gasteiger charge is 2.18.